The molecule has 1 nitrogen and oxygen atoms in total. The third kappa shape index (κ3) is 1.80. The van der Waals surface area contributed by atoms with Gasteiger partial charge in [-0.15, -0.1) is 0 Å². The molecule has 0 N–H and O–H groups in total. The predicted octanol–water partition coefficient (Wildman–Crippen LogP) is 2.78. The molecule has 0 saturated carbocycles. The highest BCUT2D eigenvalue weighted by atomic mass is 127. The van der Waals surface area contributed by atoms with Gasteiger partial charge in [-0.25, -0.2) is 3.11 Å². The van der Waals surface area contributed by atoms with Crippen LogP contribution in [-0.4, -0.2) is 9.66 Å². The Balaban J connectivity index is 2.31. The molecule has 1 aromatic carbocycles. The zero-order valence-corrected chi connectivity index (χ0v) is 9.12. The zero-order chi connectivity index (χ0) is 8.39. The molecular formula is C10H12IN. The molecule has 0 bridgehead atoms. The van der Waals surface area contributed by atoms with Crippen LogP contribution < -0.4 is 0 Å². The molecule has 64 valence electrons. The van der Waals surface area contributed by atoms with Crippen LogP contribution in [-0.2, 0) is 13.0 Å². The average Bonchev–Trinajstić information content (AvgIpc) is 2.25. The number of benzene rings is 1. The molecule has 2 heteroatoms. The Bertz CT molecular complexity index is 272. The summed E-state index contributed by atoms with van der Waals surface area (Å²) >= 11 is 2.41. The topological polar surface area (TPSA) is 3.24 Å². The van der Waals surface area contributed by atoms with Crippen LogP contribution in [0.1, 0.15) is 17.5 Å². The van der Waals surface area contributed by atoms with E-state index < -0.39 is 0 Å². The first-order valence-electron chi connectivity index (χ1n) is 4.34. The maximum absolute atomic E-state index is 2.41. The van der Waals surface area contributed by atoms with E-state index in [1.165, 1.54) is 30.5 Å². The van der Waals surface area contributed by atoms with Crippen LogP contribution in [0, 0.1) is 0 Å². The van der Waals surface area contributed by atoms with Crippen molar-refractivity contribution >= 4 is 22.9 Å². The number of fused-ring (bicyclic) bond motifs is 1. The summed E-state index contributed by atoms with van der Waals surface area (Å²) in [4.78, 5) is 0. The van der Waals surface area contributed by atoms with Gasteiger partial charge in [0.05, 0.1) is 0 Å². The zero-order valence-electron chi connectivity index (χ0n) is 6.96. The number of rotatable bonds is 0. The molecule has 1 aliphatic rings. The van der Waals surface area contributed by atoms with Crippen molar-refractivity contribution < 1.29 is 0 Å². The Morgan fingerprint density at radius 3 is 2.75 bits per heavy atom. The fraction of sp³-hybridized carbons (Fsp3) is 0.400. The van der Waals surface area contributed by atoms with E-state index in [4.69, 9.17) is 0 Å². The van der Waals surface area contributed by atoms with Crippen molar-refractivity contribution in [3.8, 4) is 0 Å². The van der Waals surface area contributed by atoms with Gasteiger partial charge >= 0.3 is 0 Å². The minimum Gasteiger partial charge on any atom is -0.243 e. The molecule has 2 rings (SSSR count). The Morgan fingerprint density at radius 1 is 1.17 bits per heavy atom. The first kappa shape index (κ1) is 8.51. The van der Waals surface area contributed by atoms with Gasteiger partial charge in [-0.1, -0.05) is 24.3 Å². The summed E-state index contributed by atoms with van der Waals surface area (Å²) in [7, 11) is 0. The maximum Gasteiger partial charge on any atom is 0.0334 e. The van der Waals surface area contributed by atoms with E-state index in [9.17, 15) is 0 Å². The van der Waals surface area contributed by atoms with Gasteiger partial charge in [-0.05, 0) is 24.0 Å². The van der Waals surface area contributed by atoms with Crippen molar-refractivity contribution in [2.24, 2.45) is 0 Å². The molecular weight excluding hydrogens is 261 g/mol. The molecule has 1 heterocycles. The number of aryl methyl sites for hydroxylation is 1. The van der Waals surface area contributed by atoms with Gasteiger partial charge in [0.2, 0.25) is 0 Å². The van der Waals surface area contributed by atoms with E-state index in [0.717, 1.165) is 6.54 Å². The molecule has 1 aromatic rings. The highest BCUT2D eigenvalue weighted by Gasteiger charge is 2.10. The third-order valence-electron chi connectivity index (χ3n) is 2.31. The van der Waals surface area contributed by atoms with E-state index >= 15 is 0 Å². The van der Waals surface area contributed by atoms with Crippen molar-refractivity contribution in [3.63, 3.8) is 0 Å². The number of nitrogens with zero attached hydrogens (tertiary/aromatic N) is 1. The molecule has 0 amide bonds. The normalized spacial score (nSPS) is 18.4. The Kier molecular flexibility index (Phi) is 2.66. The number of hydrogen-bond acceptors (Lipinski definition) is 1. The summed E-state index contributed by atoms with van der Waals surface area (Å²) < 4.78 is 2.36. The Morgan fingerprint density at radius 2 is 1.92 bits per heavy atom. The lowest BCUT2D eigenvalue weighted by Gasteiger charge is -2.10. The average molecular weight is 273 g/mol. The maximum atomic E-state index is 2.41. The van der Waals surface area contributed by atoms with Crippen LogP contribution in [0.25, 0.3) is 0 Å². The van der Waals surface area contributed by atoms with Gasteiger partial charge in [0.15, 0.2) is 0 Å². The van der Waals surface area contributed by atoms with Crippen molar-refractivity contribution in [1.82, 2.24) is 3.11 Å². The van der Waals surface area contributed by atoms with E-state index in [-0.39, 0.29) is 0 Å². The van der Waals surface area contributed by atoms with Gasteiger partial charge in [0.25, 0.3) is 0 Å². The van der Waals surface area contributed by atoms with Crippen LogP contribution in [0.5, 0.6) is 0 Å². The Hall–Kier alpha value is -0.0900. The van der Waals surface area contributed by atoms with Crippen molar-refractivity contribution in [2.75, 3.05) is 6.54 Å². The fourth-order valence-electron chi connectivity index (χ4n) is 1.66. The van der Waals surface area contributed by atoms with Gasteiger partial charge in [0, 0.05) is 36.0 Å². The standard InChI is InChI=1S/C10H12IN/c11-12-7-3-6-9-4-1-2-5-10(9)8-12/h1-2,4-5H,3,6-8H2. The fourth-order valence-corrected chi connectivity index (χ4v) is 2.37. The van der Waals surface area contributed by atoms with Crippen LogP contribution in [0.15, 0.2) is 24.3 Å². The molecule has 0 radical (unpaired) electrons. The third-order valence-corrected chi connectivity index (χ3v) is 3.13. The molecule has 0 aromatic heterocycles. The van der Waals surface area contributed by atoms with Gasteiger partial charge < -0.3 is 0 Å². The molecule has 0 spiro atoms. The molecule has 0 fully saturated rings. The minimum atomic E-state index is 1.11. The van der Waals surface area contributed by atoms with Crippen LogP contribution in [0.3, 0.4) is 0 Å². The molecule has 0 atom stereocenters. The van der Waals surface area contributed by atoms with Crippen LogP contribution >= 0.6 is 22.9 Å². The first-order valence-corrected chi connectivity index (χ1v) is 5.30. The first-order chi connectivity index (χ1) is 5.86. The summed E-state index contributed by atoms with van der Waals surface area (Å²) in [6.45, 7) is 2.33. The van der Waals surface area contributed by atoms with Crippen molar-refractivity contribution in [2.45, 2.75) is 19.4 Å². The van der Waals surface area contributed by atoms with E-state index in [1.807, 2.05) is 0 Å². The largest absolute Gasteiger partial charge is 0.243 e. The van der Waals surface area contributed by atoms with Crippen LogP contribution in [0.4, 0.5) is 0 Å². The molecule has 1 aliphatic heterocycles. The smallest absolute Gasteiger partial charge is 0.0334 e. The van der Waals surface area contributed by atoms with Crippen molar-refractivity contribution in [1.29, 1.82) is 0 Å². The lowest BCUT2D eigenvalue weighted by molar-refractivity contribution is 0.510. The minimum absolute atomic E-state index is 1.11. The van der Waals surface area contributed by atoms with Gasteiger partial charge in [-0.2, -0.15) is 0 Å². The van der Waals surface area contributed by atoms with E-state index in [0.29, 0.717) is 0 Å². The second kappa shape index (κ2) is 3.75. The number of hydrogen-bond donors (Lipinski definition) is 0. The van der Waals surface area contributed by atoms with Crippen LogP contribution in [0.2, 0.25) is 0 Å². The summed E-state index contributed by atoms with van der Waals surface area (Å²) in [5.41, 5.74) is 3.04. The molecule has 0 aliphatic carbocycles. The molecule has 0 saturated heterocycles. The predicted molar refractivity (Wildman–Crippen MR) is 59.2 cm³/mol. The molecule has 12 heavy (non-hydrogen) atoms. The van der Waals surface area contributed by atoms with Crippen molar-refractivity contribution in [3.05, 3.63) is 35.4 Å². The van der Waals surface area contributed by atoms with E-state index in [2.05, 4.69) is 50.2 Å². The van der Waals surface area contributed by atoms with Gasteiger partial charge in [-0.3, -0.25) is 0 Å². The highest BCUT2D eigenvalue weighted by Crippen LogP contribution is 2.20. The lowest BCUT2D eigenvalue weighted by Crippen LogP contribution is -2.09. The van der Waals surface area contributed by atoms with E-state index in [1.54, 1.807) is 0 Å². The lowest BCUT2D eigenvalue weighted by atomic mass is 10.0. The summed E-state index contributed by atoms with van der Waals surface area (Å²) in [5, 5.41) is 0. The summed E-state index contributed by atoms with van der Waals surface area (Å²) in [6.07, 6.45) is 2.54. The summed E-state index contributed by atoms with van der Waals surface area (Å²) in [5.74, 6) is 0. The summed E-state index contributed by atoms with van der Waals surface area (Å²) in [6, 6.07) is 8.77. The monoisotopic (exact) mass is 273 g/mol. The Labute approximate surface area is 87.3 Å². The second-order valence-corrected chi connectivity index (χ2v) is 4.58. The SMILES string of the molecule is IN1CCCc2ccccc2C1. The highest BCUT2D eigenvalue weighted by molar-refractivity contribution is 14.1. The van der Waals surface area contributed by atoms with Gasteiger partial charge in [0.1, 0.15) is 0 Å². The number of halogens is 1. The quantitative estimate of drug-likeness (QED) is 0.519. The molecule has 0 unspecified atom stereocenters. The second-order valence-electron chi connectivity index (χ2n) is 3.22.